The second-order valence-corrected chi connectivity index (χ2v) is 14.8. The molecule has 3 aliphatic rings. The molecule has 2 aliphatic carbocycles. The number of aromatic nitrogens is 1. The van der Waals surface area contributed by atoms with Crippen LogP contribution in [0.1, 0.15) is 106 Å². The van der Waals surface area contributed by atoms with Crippen molar-refractivity contribution in [3.8, 4) is 17.7 Å². The van der Waals surface area contributed by atoms with Gasteiger partial charge in [0.05, 0.1) is 23.8 Å². The molecule has 0 aromatic carbocycles. The van der Waals surface area contributed by atoms with Gasteiger partial charge in [0.25, 0.3) is 0 Å². The number of methoxy groups -OCH3 is 1. The van der Waals surface area contributed by atoms with Crippen molar-refractivity contribution in [3.63, 3.8) is 0 Å². The maximum Gasteiger partial charge on any atom is 0.350 e. The van der Waals surface area contributed by atoms with E-state index in [2.05, 4.69) is 37.6 Å². The van der Waals surface area contributed by atoms with Gasteiger partial charge in [-0.25, -0.2) is 9.78 Å². The summed E-state index contributed by atoms with van der Waals surface area (Å²) in [6, 6.07) is 7.59. The molecular formula is C37H50N2O6S. The first-order valence-electron chi connectivity index (χ1n) is 17.1. The topological polar surface area (TPSA) is 87.2 Å². The zero-order valence-corrected chi connectivity index (χ0v) is 28.7. The van der Waals surface area contributed by atoms with E-state index in [4.69, 9.17) is 18.9 Å². The van der Waals surface area contributed by atoms with Gasteiger partial charge in [0.2, 0.25) is 11.8 Å². The minimum absolute atomic E-state index is 0.0342. The molecule has 3 fully saturated rings. The molecule has 0 unspecified atom stereocenters. The number of thiophene rings is 1. The van der Waals surface area contributed by atoms with E-state index in [1.54, 1.807) is 6.20 Å². The summed E-state index contributed by atoms with van der Waals surface area (Å²) in [7, 11) is 1.40. The molecule has 0 bridgehead atoms. The molecular weight excluding hydrogens is 600 g/mol. The smallest absolute Gasteiger partial charge is 0.350 e. The number of carbonyl (C=O) groups excluding carboxylic acids is 2. The predicted molar refractivity (Wildman–Crippen MR) is 180 cm³/mol. The first kappa shape index (κ1) is 34.4. The molecule has 5 rings (SSSR count). The lowest BCUT2D eigenvalue weighted by molar-refractivity contribution is -0.124. The lowest BCUT2D eigenvalue weighted by Crippen LogP contribution is -2.47. The third-order valence-corrected chi connectivity index (χ3v) is 10.7. The Balaban J connectivity index is 1.35. The van der Waals surface area contributed by atoms with E-state index in [1.807, 2.05) is 29.2 Å². The van der Waals surface area contributed by atoms with Gasteiger partial charge in [0.15, 0.2) is 0 Å². The highest BCUT2D eigenvalue weighted by Crippen LogP contribution is 2.39. The van der Waals surface area contributed by atoms with E-state index in [0.717, 1.165) is 88.7 Å². The van der Waals surface area contributed by atoms with Crippen molar-refractivity contribution >= 4 is 28.9 Å². The summed E-state index contributed by atoms with van der Waals surface area (Å²) in [4.78, 5) is 35.0. The van der Waals surface area contributed by atoms with Crippen LogP contribution in [0.25, 0.3) is 0 Å². The number of nitrogens with zero attached hydrogens (tertiary/aromatic N) is 2. The Bertz CT molecular complexity index is 1340. The van der Waals surface area contributed by atoms with Crippen LogP contribution in [-0.2, 0) is 19.0 Å². The van der Waals surface area contributed by atoms with Crippen LogP contribution in [0.2, 0.25) is 0 Å². The summed E-state index contributed by atoms with van der Waals surface area (Å²) >= 11 is 1.32. The Morgan fingerprint density at radius 3 is 2.43 bits per heavy atom. The Labute approximate surface area is 278 Å². The third kappa shape index (κ3) is 9.33. The normalized spacial score (nSPS) is 24.0. The van der Waals surface area contributed by atoms with Gasteiger partial charge in [-0.05, 0) is 103 Å². The van der Waals surface area contributed by atoms with Gasteiger partial charge in [-0.2, -0.15) is 0 Å². The Hall–Kier alpha value is -2.93. The monoisotopic (exact) mass is 650 g/mol. The average Bonchev–Trinajstić information content (AvgIpc) is 3.49. The Morgan fingerprint density at radius 1 is 1.02 bits per heavy atom. The van der Waals surface area contributed by atoms with E-state index in [1.165, 1.54) is 18.4 Å². The molecule has 250 valence electrons. The first-order valence-corrected chi connectivity index (χ1v) is 17.9. The van der Waals surface area contributed by atoms with Gasteiger partial charge in [-0.15, -0.1) is 11.3 Å². The molecule has 2 aromatic rings. The van der Waals surface area contributed by atoms with Crippen molar-refractivity contribution in [2.75, 3.05) is 31.8 Å². The highest BCUT2D eigenvalue weighted by Gasteiger charge is 2.38. The van der Waals surface area contributed by atoms with Crippen LogP contribution in [0.5, 0.6) is 5.88 Å². The molecule has 3 heterocycles. The fourth-order valence-electron chi connectivity index (χ4n) is 6.69. The van der Waals surface area contributed by atoms with Crippen molar-refractivity contribution < 1.29 is 28.5 Å². The van der Waals surface area contributed by atoms with Gasteiger partial charge in [-0.3, -0.25) is 4.79 Å². The highest BCUT2D eigenvalue weighted by molar-refractivity contribution is 7.15. The van der Waals surface area contributed by atoms with E-state index in [0.29, 0.717) is 29.0 Å². The zero-order valence-electron chi connectivity index (χ0n) is 27.9. The van der Waals surface area contributed by atoms with Crippen LogP contribution in [-0.4, -0.2) is 62.0 Å². The molecule has 8 nitrogen and oxygen atoms in total. The van der Waals surface area contributed by atoms with Crippen LogP contribution in [0.15, 0.2) is 30.5 Å². The molecule has 0 N–H and O–H groups in total. The van der Waals surface area contributed by atoms with Crippen LogP contribution in [0.4, 0.5) is 5.69 Å². The van der Waals surface area contributed by atoms with E-state index >= 15 is 0 Å². The molecule has 2 saturated carbocycles. The molecule has 1 aliphatic heterocycles. The number of hydrogen-bond donors (Lipinski definition) is 0. The molecule has 1 saturated heterocycles. The van der Waals surface area contributed by atoms with Gasteiger partial charge < -0.3 is 23.8 Å². The summed E-state index contributed by atoms with van der Waals surface area (Å²) < 4.78 is 23.0. The number of rotatable bonds is 10. The lowest BCUT2D eigenvalue weighted by Gasteiger charge is -2.39. The van der Waals surface area contributed by atoms with Crippen molar-refractivity contribution in [3.05, 3.63) is 40.2 Å². The number of esters is 1. The van der Waals surface area contributed by atoms with Crippen molar-refractivity contribution in [2.24, 2.45) is 17.3 Å². The summed E-state index contributed by atoms with van der Waals surface area (Å²) in [6.45, 7) is 8.67. The number of carbonyl (C=O) groups is 2. The summed E-state index contributed by atoms with van der Waals surface area (Å²) in [5.41, 5.74) is 0.362. The summed E-state index contributed by atoms with van der Waals surface area (Å²) in [6.07, 6.45) is 11.7. The molecule has 46 heavy (non-hydrogen) atoms. The van der Waals surface area contributed by atoms with Crippen molar-refractivity contribution in [2.45, 2.75) is 110 Å². The largest absolute Gasteiger partial charge is 0.474 e. The Morgan fingerprint density at radius 2 is 1.76 bits per heavy atom. The molecule has 2 aromatic heterocycles. The van der Waals surface area contributed by atoms with Gasteiger partial charge in [0, 0.05) is 49.5 Å². The first-order chi connectivity index (χ1) is 22.2. The highest BCUT2D eigenvalue weighted by atomic mass is 32.1. The van der Waals surface area contributed by atoms with E-state index < -0.39 is 5.97 Å². The number of amides is 1. The number of ether oxygens (including phenoxy) is 4. The van der Waals surface area contributed by atoms with Gasteiger partial charge in [-0.1, -0.05) is 24.8 Å². The van der Waals surface area contributed by atoms with Gasteiger partial charge >= 0.3 is 5.97 Å². The second-order valence-electron chi connectivity index (χ2n) is 13.8. The number of anilines is 1. The van der Waals surface area contributed by atoms with E-state index in [-0.39, 0.29) is 35.5 Å². The standard InChI is InChI=1S/C37H50N2O6S/c1-26-8-10-27(11-9-26)35(40)39(28-12-14-30(15-13-28)45-33-7-5-6-21-38-33)32-25-31(46-34(32)36(41)42-4)16-19-37(2,3)20-24-44-29-17-22-43-23-18-29/h5-7,21,25-30H,8-15,17-18,20,22-24H2,1-4H3. The Kier molecular flexibility index (Phi) is 12.2. The average molecular weight is 651 g/mol. The van der Waals surface area contributed by atoms with Crippen LogP contribution in [0, 0.1) is 29.1 Å². The molecule has 1 amide bonds. The summed E-state index contributed by atoms with van der Waals surface area (Å²) in [5, 5.41) is 0. The zero-order chi connectivity index (χ0) is 32.5. The maximum atomic E-state index is 14.4. The predicted octanol–water partition coefficient (Wildman–Crippen LogP) is 7.44. The lowest BCUT2D eigenvalue weighted by atomic mass is 9.81. The number of hydrogen-bond acceptors (Lipinski definition) is 8. The van der Waals surface area contributed by atoms with Crippen LogP contribution >= 0.6 is 11.3 Å². The fourth-order valence-corrected chi connectivity index (χ4v) is 7.61. The SMILES string of the molecule is COC(=O)c1sc(C#CC(C)(C)CCOC2CCOCC2)cc1N(C(=O)C1CCC(C)CC1)C1CCC(Oc2ccccn2)CC1. The second kappa shape index (κ2) is 16.3. The van der Waals surface area contributed by atoms with Crippen molar-refractivity contribution in [1.82, 2.24) is 4.98 Å². The quantitative estimate of drug-likeness (QED) is 0.195. The molecule has 0 spiro atoms. The maximum absolute atomic E-state index is 14.4. The van der Waals surface area contributed by atoms with E-state index in [9.17, 15) is 9.59 Å². The fraction of sp³-hybridized carbons (Fsp3) is 0.649. The van der Waals surface area contributed by atoms with Crippen LogP contribution < -0.4 is 9.64 Å². The van der Waals surface area contributed by atoms with Crippen LogP contribution in [0.3, 0.4) is 0 Å². The molecule has 9 heteroatoms. The minimum Gasteiger partial charge on any atom is -0.474 e. The van der Waals surface area contributed by atoms with Gasteiger partial charge in [0.1, 0.15) is 11.0 Å². The minimum atomic E-state index is -0.431. The molecule has 0 atom stereocenters. The molecule has 0 radical (unpaired) electrons. The summed E-state index contributed by atoms with van der Waals surface area (Å²) in [5.74, 6) is 7.69. The number of pyridine rings is 1. The third-order valence-electron chi connectivity index (χ3n) is 9.65. The van der Waals surface area contributed by atoms with Crippen molar-refractivity contribution in [1.29, 1.82) is 0 Å².